The van der Waals surface area contributed by atoms with Crippen molar-refractivity contribution in [3.05, 3.63) is 72.3 Å². The molecule has 0 unspecified atom stereocenters. The van der Waals surface area contributed by atoms with Crippen molar-refractivity contribution in [2.45, 2.75) is 6.42 Å². The molecule has 6 heteroatoms. The summed E-state index contributed by atoms with van der Waals surface area (Å²) >= 11 is 0. The summed E-state index contributed by atoms with van der Waals surface area (Å²) in [4.78, 5) is 0. The Labute approximate surface area is 136 Å². The quantitative estimate of drug-likeness (QED) is 0.669. The van der Waals surface area contributed by atoms with Crippen molar-refractivity contribution in [3.63, 3.8) is 0 Å². The Kier molecular flexibility index (Phi) is 4.39. The van der Waals surface area contributed by atoms with Gasteiger partial charge in [-0.25, -0.2) is 4.68 Å². The van der Waals surface area contributed by atoms with Gasteiger partial charge < -0.3 is 0 Å². The maximum absolute atomic E-state index is 8.93. The fourth-order valence-corrected chi connectivity index (χ4v) is 2.33. The average molecular weight is 299 g/mol. The summed E-state index contributed by atoms with van der Waals surface area (Å²) in [6.45, 7) is 0.744. The van der Waals surface area contributed by atoms with Crippen LogP contribution in [0.25, 0.3) is 0 Å². The van der Waals surface area contributed by atoms with E-state index < -0.39 is 0 Å². The molecule has 3 rings (SSSR count). The van der Waals surface area contributed by atoms with E-state index in [1.165, 1.54) is 5.56 Å². The molecular formula is C17H14BN5. The second-order valence-corrected chi connectivity index (χ2v) is 5.12. The van der Waals surface area contributed by atoms with Gasteiger partial charge in [-0.2, -0.15) is 5.26 Å². The highest BCUT2D eigenvalue weighted by Crippen LogP contribution is 2.16. The number of nitriles is 1. The molecule has 1 aromatic heterocycles. The van der Waals surface area contributed by atoms with Gasteiger partial charge in [0.1, 0.15) is 20.5 Å². The fraction of sp³-hybridized carbons (Fsp3) is 0.118. The summed E-state index contributed by atoms with van der Waals surface area (Å²) in [5, 5.41) is 18.7. The lowest BCUT2D eigenvalue weighted by atomic mass is 9.95. The van der Waals surface area contributed by atoms with E-state index in [1.54, 1.807) is 24.8 Å². The summed E-state index contributed by atoms with van der Waals surface area (Å²) in [7, 11) is 5.72. The zero-order chi connectivity index (χ0) is 16.1. The molecule has 5 nitrogen and oxygen atoms in total. The lowest BCUT2D eigenvalue weighted by Gasteiger charge is -2.25. The van der Waals surface area contributed by atoms with Crippen LogP contribution in [0.1, 0.15) is 11.1 Å². The zero-order valence-electron chi connectivity index (χ0n) is 12.5. The third-order valence-electron chi connectivity index (χ3n) is 3.57. The highest BCUT2D eigenvalue weighted by atomic mass is 15.6. The largest absolute Gasteiger partial charge is 0.279 e. The molecule has 0 saturated carbocycles. The molecule has 110 valence electrons. The Balaban J connectivity index is 1.81. The molecule has 1 heterocycles. The maximum atomic E-state index is 8.93. The van der Waals surface area contributed by atoms with Gasteiger partial charge in [0.2, 0.25) is 0 Å². The van der Waals surface area contributed by atoms with Crippen molar-refractivity contribution in [3.8, 4) is 6.07 Å². The molecule has 2 radical (unpaired) electrons. The monoisotopic (exact) mass is 299 g/mol. The lowest BCUT2D eigenvalue weighted by Crippen LogP contribution is -2.30. The maximum Gasteiger partial charge on any atom is 0.139 e. The lowest BCUT2D eigenvalue weighted by molar-refractivity contribution is 0.681. The smallest absolute Gasteiger partial charge is 0.139 e. The van der Waals surface area contributed by atoms with Gasteiger partial charge in [0.05, 0.1) is 17.3 Å². The van der Waals surface area contributed by atoms with Crippen LogP contribution in [-0.2, 0) is 6.42 Å². The first-order chi connectivity index (χ1) is 11.3. The Hall–Kier alpha value is -3.07. The molecular weight excluding hydrogens is 285 g/mol. The molecule has 2 aromatic carbocycles. The van der Waals surface area contributed by atoms with Crippen LogP contribution in [0.5, 0.6) is 0 Å². The molecule has 0 N–H and O–H groups in total. The Morgan fingerprint density at radius 3 is 2.26 bits per heavy atom. The van der Waals surface area contributed by atoms with Crippen LogP contribution >= 0.6 is 0 Å². The molecule has 3 aromatic rings. The van der Waals surface area contributed by atoms with E-state index in [0.717, 1.165) is 24.1 Å². The Morgan fingerprint density at radius 1 is 1.00 bits per heavy atom. The molecule has 0 aliphatic rings. The SMILES string of the molecule is [B]c1ccc(CCN(c2ccc(C#N)cc2)n2cnnc2)cc1. The van der Waals surface area contributed by atoms with Crippen LogP contribution in [-0.4, -0.2) is 29.3 Å². The molecule has 0 aliphatic carbocycles. The minimum atomic E-state index is 0.635. The van der Waals surface area contributed by atoms with Gasteiger partial charge in [0, 0.05) is 6.54 Å². The summed E-state index contributed by atoms with van der Waals surface area (Å²) < 4.78 is 1.83. The molecule has 0 saturated heterocycles. The van der Waals surface area contributed by atoms with Crippen LogP contribution in [0.15, 0.2) is 61.2 Å². The normalized spacial score (nSPS) is 10.2. The Morgan fingerprint density at radius 2 is 1.65 bits per heavy atom. The van der Waals surface area contributed by atoms with Crippen LogP contribution in [0, 0.1) is 11.3 Å². The van der Waals surface area contributed by atoms with Crippen LogP contribution in [0.2, 0.25) is 0 Å². The number of anilines is 1. The van der Waals surface area contributed by atoms with Gasteiger partial charge >= 0.3 is 0 Å². The van der Waals surface area contributed by atoms with Gasteiger partial charge in [0.25, 0.3) is 0 Å². The predicted molar refractivity (Wildman–Crippen MR) is 89.5 cm³/mol. The van der Waals surface area contributed by atoms with E-state index in [9.17, 15) is 0 Å². The minimum absolute atomic E-state index is 0.635. The number of aromatic nitrogens is 3. The van der Waals surface area contributed by atoms with Crippen molar-refractivity contribution < 1.29 is 0 Å². The Bertz CT molecular complexity index is 789. The van der Waals surface area contributed by atoms with Gasteiger partial charge in [-0.1, -0.05) is 29.7 Å². The summed E-state index contributed by atoms with van der Waals surface area (Å²) in [6, 6.07) is 17.4. The molecule has 0 spiro atoms. The minimum Gasteiger partial charge on any atom is -0.279 e. The van der Waals surface area contributed by atoms with Gasteiger partial charge in [-0.05, 0) is 36.2 Å². The van der Waals surface area contributed by atoms with Crippen molar-refractivity contribution >= 4 is 19.0 Å². The molecule has 23 heavy (non-hydrogen) atoms. The third kappa shape index (κ3) is 3.58. The topological polar surface area (TPSA) is 57.7 Å². The number of benzene rings is 2. The molecule has 0 aliphatic heterocycles. The zero-order valence-corrected chi connectivity index (χ0v) is 12.5. The number of hydrogen-bond donors (Lipinski definition) is 0. The van der Waals surface area contributed by atoms with Gasteiger partial charge in [-0.15, -0.1) is 10.2 Å². The third-order valence-corrected chi connectivity index (χ3v) is 3.57. The average Bonchev–Trinajstić information content (AvgIpc) is 3.12. The van der Waals surface area contributed by atoms with Gasteiger partial charge in [0.15, 0.2) is 0 Å². The van der Waals surface area contributed by atoms with Crippen molar-refractivity contribution in [2.75, 3.05) is 11.6 Å². The van der Waals surface area contributed by atoms with Crippen molar-refractivity contribution in [1.82, 2.24) is 14.9 Å². The van der Waals surface area contributed by atoms with Crippen LogP contribution in [0.4, 0.5) is 5.69 Å². The van der Waals surface area contributed by atoms with E-state index in [1.807, 2.05) is 41.1 Å². The first-order valence-corrected chi connectivity index (χ1v) is 7.23. The first-order valence-electron chi connectivity index (χ1n) is 7.23. The van der Waals surface area contributed by atoms with Crippen LogP contribution in [0.3, 0.4) is 0 Å². The fourth-order valence-electron chi connectivity index (χ4n) is 2.33. The van der Waals surface area contributed by atoms with Gasteiger partial charge in [-0.3, -0.25) is 5.01 Å². The van der Waals surface area contributed by atoms with E-state index in [2.05, 4.69) is 21.3 Å². The first kappa shape index (κ1) is 14.9. The second kappa shape index (κ2) is 6.80. The van der Waals surface area contributed by atoms with Crippen LogP contribution < -0.4 is 10.5 Å². The molecule has 0 amide bonds. The summed E-state index contributed by atoms with van der Waals surface area (Å²) in [5.74, 6) is 0. The number of hydrogen-bond acceptors (Lipinski definition) is 4. The highest BCUT2D eigenvalue weighted by Gasteiger charge is 2.09. The van der Waals surface area contributed by atoms with Crippen molar-refractivity contribution in [1.29, 1.82) is 5.26 Å². The highest BCUT2D eigenvalue weighted by molar-refractivity contribution is 6.32. The molecule has 0 fully saturated rings. The van der Waals surface area contributed by atoms with E-state index in [0.29, 0.717) is 5.56 Å². The standard InChI is InChI=1S/C17H14BN5/c18-16-5-1-14(2-6-16)9-10-23(22-12-20-21-13-22)17-7-3-15(11-19)4-8-17/h1-8,12-13H,9-10H2. The summed E-state index contributed by atoms with van der Waals surface area (Å²) in [5.41, 5.74) is 3.57. The molecule has 0 atom stereocenters. The van der Waals surface area contributed by atoms with E-state index in [4.69, 9.17) is 13.1 Å². The predicted octanol–water partition coefficient (Wildman–Crippen LogP) is 1.46. The van der Waals surface area contributed by atoms with E-state index >= 15 is 0 Å². The van der Waals surface area contributed by atoms with Crippen molar-refractivity contribution in [2.24, 2.45) is 0 Å². The number of rotatable bonds is 5. The second-order valence-electron chi connectivity index (χ2n) is 5.12. The number of nitrogens with zero attached hydrogens (tertiary/aromatic N) is 5. The van der Waals surface area contributed by atoms with E-state index in [-0.39, 0.29) is 0 Å². The summed E-state index contributed by atoms with van der Waals surface area (Å²) in [6.07, 6.45) is 4.15. The molecule has 0 bridgehead atoms.